The molecule has 1 amide bonds. The molecule has 9 heteroatoms. The maximum absolute atomic E-state index is 12.2. The Morgan fingerprint density at radius 2 is 2.00 bits per heavy atom. The Labute approximate surface area is 169 Å². The fraction of sp³-hybridized carbons (Fsp3) is 0.222. The Morgan fingerprint density at radius 1 is 1.15 bits per heavy atom. The fourth-order valence-electron chi connectivity index (χ4n) is 2.30. The molecule has 0 spiro atoms. The summed E-state index contributed by atoms with van der Waals surface area (Å²) in [6.07, 6.45) is 0.942. The Morgan fingerprint density at radius 3 is 2.78 bits per heavy atom. The van der Waals surface area contributed by atoms with Gasteiger partial charge in [-0.25, -0.2) is 0 Å². The summed E-state index contributed by atoms with van der Waals surface area (Å²) in [4.78, 5) is 25.1. The van der Waals surface area contributed by atoms with E-state index in [9.17, 15) is 9.59 Å². The summed E-state index contributed by atoms with van der Waals surface area (Å²) >= 11 is 4.49. The highest BCUT2D eigenvalue weighted by atomic mass is 32.2. The number of benzene rings is 1. The molecule has 0 saturated carbocycles. The molecule has 0 aliphatic heterocycles. The molecule has 27 heavy (non-hydrogen) atoms. The molecule has 0 saturated heterocycles. The molecule has 0 atom stereocenters. The number of nitrogens with zero attached hydrogens (tertiary/aromatic N) is 2. The van der Waals surface area contributed by atoms with Gasteiger partial charge in [-0.15, -0.1) is 21.5 Å². The van der Waals surface area contributed by atoms with Crippen molar-refractivity contribution in [1.82, 2.24) is 10.2 Å². The number of para-hydroxylation sites is 1. The van der Waals surface area contributed by atoms with E-state index in [1.54, 1.807) is 35.6 Å². The number of carbonyl (C=O) groups is 2. The lowest BCUT2D eigenvalue weighted by molar-refractivity contribution is -0.113. The minimum atomic E-state index is -0.184. The summed E-state index contributed by atoms with van der Waals surface area (Å²) in [5.74, 6) is -0.0622. The van der Waals surface area contributed by atoms with E-state index in [4.69, 9.17) is 0 Å². The van der Waals surface area contributed by atoms with Crippen LogP contribution in [0.25, 0.3) is 0 Å². The first-order valence-electron chi connectivity index (χ1n) is 8.24. The minimum absolute atomic E-state index is 0.0825. The normalized spacial score (nSPS) is 10.6. The van der Waals surface area contributed by atoms with E-state index in [1.165, 1.54) is 34.9 Å². The summed E-state index contributed by atoms with van der Waals surface area (Å²) in [6, 6.07) is 11.1. The number of thioether (sulfide) groups is 1. The average Bonchev–Trinajstić information content (AvgIpc) is 3.32. The van der Waals surface area contributed by atoms with Crippen LogP contribution >= 0.6 is 34.4 Å². The van der Waals surface area contributed by atoms with Crippen LogP contribution in [0.2, 0.25) is 0 Å². The van der Waals surface area contributed by atoms with Crippen LogP contribution in [-0.2, 0) is 11.2 Å². The third-order valence-corrected chi connectivity index (χ3v) is 6.49. The molecule has 2 aromatic heterocycles. The lowest BCUT2D eigenvalue weighted by atomic mass is 10.1. The first-order chi connectivity index (χ1) is 13.1. The molecular weight excluding hydrogens is 400 g/mol. The lowest BCUT2D eigenvalue weighted by Crippen LogP contribution is -2.16. The third-order valence-electron chi connectivity index (χ3n) is 3.54. The van der Waals surface area contributed by atoms with E-state index in [-0.39, 0.29) is 17.4 Å². The molecule has 3 aromatic rings. The molecule has 2 N–H and O–H groups in total. The predicted octanol–water partition coefficient (Wildman–Crippen LogP) is 4.19. The maximum atomic E-state index is 12.2. The molecule has 2 heterocycles. The molecule has 0 aliphatic carbocycles. The second-order valence-corrected chi connectivity index (χ2v) is 8.80. The molecule has 6 nitrogen and oxygen atoms in total. The van der Waals surface area contributed by atoms with Gasteiger partial charge in [-0.3, -0.25) is 9.59 Å². The number of hydrogen-bond donors (Lipinski definition) is 2. The van der Waals surface area contributed by atoms with Gasteiger partial charge in [-0.1, -0.05) is 41.3 Å². The quantitative estimate of drug-likeness (QED) is 0.400. The molecule has 0 radical (unpaired) electrons. The van der Waals surface area contributed by atoms with Gasteiger partial charge >= 0.3 is 0 Å². The maximum Gasteiger partial charge on any atom is 0.234 e. The van der Waals surface area contributed by atoms with E-state index in [0.29, 0.717) is 11.3 Å². The van der Waals surface area contributed by atoms with Crippen molar-refractivity contribution in [1.29, 1.82) is 0 Å². The van der Waals surface area contributed by atoms with Crippen molar-refractivity contribution < 1.29 is 9.59 Å². The first-order valence-corrected chi connectivity index (χ1v) is 10.9. The van der Waals surface area contributed by atoms with Gasteiger partial charge in [0.25, 0.3) is 0 Å². The molecule has 0 fully saturated rings. The highest BCUT2D eigenvalue weighted by Gasteiger charge is 2.11. The van der Waals surface area contributed by atoms with Crippen molar-refractivity contribution in [2.45, 2.75) is 17.7 Å². The number of amides is 1. The van der Waals surface area contributed by atoms with Gasteiger partial charge in [0, 0.05) is 17.0 Å². The number of carbonyl (C=O) groups excluding carboxylic acids is 2. The molecule has 1 aromatic carbocycles. The van der Waals surface area contributed by atoms with Crippen molar-refractivity contribution in [2.24, 2.45) is 0 Å². The van der Waals surface area contributed by atoms with Gasteiger partial charge in [0.15, 0.2) is 10.1 Å². The summed E-state index contributed by atoms with van der Waals surface area (Å²) in [6.45, 7) is 2.27. The summed E-state index contributed by atoms with van der Waals surface area (Å²) in [5, 5.41) is 17.0. The Balaban J connectivity index is 1.45. The second kappa shape index (κ2) is 9.63. The number of Topliss-reactive ketones (excluding diaryl/α,β-unsaturated/α-hetero) is 1. The van der Waals surface area contributed by atoms with Crippen molar-refractivity contribution >= 4 is 56.9 Å². The molecule has 140 valence electrons. The predicted molar refractivity (Wildman–Crippen MR) is 112 cm³/mol. The summed E-state index contributed by atoms with van der Waals surface area (Å²) < 4.78 is 0.726. The fourth-order valence-corrected chi connectivity index (χ4v) is 4.59. The van der Waals surface area contributed by atoms with Gasteiger partial charge in [0.2, 0.25) is 11.0 Å². The van der Waals surface area contributed by atoms with E-state index < -0.39 is 0 Å². The standard InChI is InChI=1S/C18H18N4O2S3/c1-12(23)14-6-2-3-7-15(14)20-16(24)11-26-18-22-21-17(27-18)19-9-8-13-5-4-10-25-13/h2-7,10H,8-9,11H2,1H3,(H,19,21)(H,20,24). The van der Waals surface area contributed by atoms with Crippen molar-refractivity contribution in [3.8, 4) is 0 Å². The number of hydrogen-bond acceptors (Lipinski definition) is 8. The number of nitrogens with one attached hydrogen (secondary N) is 2. The summed E-state index contributed by atoms with van der Waals surface area (Å²) in [5.41, 5.74) is 1.03. The van der Waals surface area contributed by atoms with E-state index >= 15 is 0 Å². The number of aromatic nitrogens is 2. The smallest absolute Gasteiger partial charge is 0.234 e. The highest BCUT2D eigenvalue weighted by Crippen LogP contribution is 2.26. The minimum Gasteiger partial charge on any atom is -0.360 e. The van der Waals surface area contributed by atoms with Gasteiger partial charge < -0.3 is 10.6 Å². The topological polar surface area (TPSA) is 84.0 Å². The largest absolute Gasteiger partial charge is 0.360 e. The Bertz CT molecular complexity index is 909. The van der Waals surface area contributed by atoms with Gasteiger partial charge in [0.05, 0.1) is 11.4 Å². The highest BCUT2D eigenvalue weighted by molar-refractivity contribution is 8.01. The number of ketones is 1. The van der Waals surface area contributed by atoms with Crippen LogP contribution in [0.5, 0.6) is 0 Å². The summed E-state index contributed by atoms with van der Waals surface area (Å²) in [7, 11) is 0. The molecule has 0 aliphatic rings. The lowest BCUT2D eigenvalue weighted by Gasteiger charge is -2.08. The SMILES string of the molecule is CC(=O)c1ccccc1NC(=O)CSc1nnc(NCCc2cccs2)s1. The zero-order valence-corrected chi connectivity index (χ0v) is 17.0. The van der Waals surface area contributed by atoms with E-state index in [0.717, 1.165) is 22.4 Å². The van der Waals surface area contributed by atoms with E-state index in [2.05, 4.69) is 32.3 Å². The molecule has 0 bridgehead atoms. The van der Waals surface area contributed by atoms with Crippen molar-refractivity contribution in [2.75, 3.05) is 22.9 Å². The van der Waals surface area contributed by atoms with Crippen LogP contribution in [0.4, 0.5) is 10.8 Å². The zero-order valence-electron chi connectivity index (χ0n) is 14.6. The van der Waals surface area contributed by atoms with Crippen LogP contribution in [0.15, 0.2) is 46.1 Å². The zero-order chi connectivity index (χ0) is 19.1. The van der Waals surface area contributed by atoms with Gasteiger partial charge in [-0.05, 0) is 36.9 Å². The van der Waals surface area contributed by atoms with Crippen molar-refractivity contribution in [3.05, 3.63) is 52.2 Å². The van der Waals surface area contributed by atoms with Crippen LogP contribution in [0, 0.1) is 0 Å². The Hall–Kier alpha value is -2.23. The monoisotopic (exact) mass is 418 g/mol. The number of anilines is 2. The first kappa shape index (κ1) is 19.5. The molecule has 0 unspecified atom stereocenters. The van der Waals surface area contributed by atoms with Crippen LogP contribution in [-0.4, -0.2) is 34.2 Å². The molecular formula is C18H18N4O2S3. The van der Waals surface area contributed by atoms with Gasteiger partial charge in [-0.2, -0.15) is 0 Å². The van der Waals surface area contributed by atoms with E-state index in [1.807, 2.05) is 6.07 Å². The number of rotatable bonds is 9. The average molecular weight is 419 g/mol. The van der Waals surface area contributed by atoms with Gasteiger partial charge in [0.1, 0.15) is 0 Å². The molecule has 3 rings (SSSR count). The number of thiophene rings is 1. The second-order valence-electron chi connectivity index (χ2n) is 5.57. The van der Waals surface area contributed by atoms with Crippen LogP contribution in [0.1, 0.15) is 22.2 Å². The Kier molecular flexibility index (Phi) is 6.97. The third kappa shape index (κ3) is 5.88. The van der Waals surface area contributed by atoms with Crippen molar-refractivity contribution in [3.63, 3.8) is 0 Å². The van der Waals surface area contributed by atoms with Crippen LogP contribution < -0.4 is 10.6 Å². The van der Waals surface area contributed by atoms with Crippen LogP contribution in [0.3, 0.4) is 0 Å².